The van der Waals surface area contributed by atoms with E-state index in [9.17, 15) is 0 Å². The van der Waals surface area contributed by atoms with Crippen molar-refractivity contribution in [2.75, 3.05) is 6.61 Å². The van der Waals surface area contributed by atoms with Gasteiger partial charge in [-0.05, 0) is 19.8 Å². The van der Waals surface area contributed by atoms with Gasteiger partial charge in [-0.15, -0.1) is 0 Å². The smallest absolute Gasteiger partial charge is 0.0547 e. The fourth-order valence-corrected chi connectivity index (χ4v) is 2.68. The molecule has 0 aromatic heterocycles. The second-order valence-electron chi connectivity index (χ2n) is 6.36. The largest absolute Gasteiger partial charge is 0.379 e. The van der Waals surface area contributed by atoms with Gasteiger partial charge in [-0.2, -0.15) is 0 Å². The third kappa shape index (κ3) is 16.0. The van der Waals surface area contributed by atoms with Gasteiger partial charge in [-0.1, -0.05) is 90.9 Å². The maximum absolute atomic E-state index is 5.69. The second-order valence-corrected chi connectivity index (χ2v) is 6.36. The van der Waals surface area contributed by atoms with Crippen LogP contribution in [0.25, 0.3) is 0 Å². The fourth-order valence-electron chi connectivity index (χ4n) is 2.68. The Morgan fingerprint density at radius 2 is 1.05 bits per heavy atom. The Bertz CT molecular complexity index is 167. The molecule has 0 aromatic rings. The minimum atomic E-state index is 0.470. The molecule has 20 heavy (non-hydrogen) atoms. The number of hydrogen-bond donors (Lipinski definition) is 0. The molecule has 0 N–H and O–H groups in total. The van der Waals surface area contributed by atoms with Gasteiger partial charge >= 0.3 is 0 Å². The standard InChI is InChI=1S/C19H40O/c1-4-6-7-8-9-10-11-12-13-14-15-16-17-19(3)20-18-5-2/h19H,4-18H2,1-3H3. The monoisotopic (exact) mass is 284 g/mol. The lowest BCUT2D eigenvalue weighted by atomic mass is 10.0. The van der Waals surface area contributed by atoms with Crippen molar-refractivity contribution in [3.63, 3.8) is 0 Å². The molecule has 1 unspecified atom stereocenters. The predicted octanol–water partition coefficient (Wildman–Crippen LogP) is 6.89. The number of ether oxygens (including phenoxy) is 1. The van der Waals surface area contributed by atoms with Crippen molar-refractivity contribution in [2.45, 2.75) is 117 Å². The van der Waals surface area contributed by atoms with Gasteiger partial charge in [-0.25, -0.2) is 0 Å². The summed E-state index contributed by atoms with van der Waals surface area (Å²) in [6.07, 6.45) is 20.0. The van der Waals surface area contributed by atoms with Gasteiger partial charge in [0.15, 0.2) is 0 Å². The van der Waals surface area contributed by atoms with Crippen molar-refractivity contribution in [3.8, 4) is 0 Å². The first-order valence-electron chi connectivity index (χ1n) is 9.42. The van der Waals surface area contributed by atoms with Crippen molar-refractivity contribution in [1.82, 2.24) is 0 Å². The molecule has 0 aliphatic heterocycles. The van der Waals surface area contributed by atoms with E-state index < -0.39 is 0 Å². The summed E-state index contributed by atoms with van der Waals surface area (Å²) < 4.78 is 5.69. The van der Waals surface area contributed by atoms with Gasteiger partial charge in [0.05, 0.1) is 6.10 Å². The Morgan fingerprint density at radius 3 is 1.50 bits per heavy atom. The fraction of sp³-hybridized carbons (Fsp3) is 1.00. The van der Waals surface area contributed by atoms with E-state index in [4.69, 9.17) is 4.74 Å². The third-order valence-electron chi connectivity index (χ3n) is 4.07. The van der Waals surface area contributed by atoms with Crippen LogP contribution in [0.2, 0.25) is 0 Å². The maximum atomic E-state index is 5.69. The summed E-state index contributed by atoms with van der Waals surface area (Å²) in [5.41, 5.74) is 0. The van der Waals surface area contributed by atoms with Crippen molar-refractivity contribution < 1.29 is 4.74 Å². The van der Waals surface area contributed by atoms with Crippen molar-refractivity contribution in [3.05, 3.63) is 0 Å². The van der Waals surface area contributed by atoms with E-state index in [2.05, 4.69) is 20.8 Å². The lowest BCUT2D eigenvalue weighted by Crippen LogP contribution is -2.08. The first kappa shape index (κ1) is 20.0. The summed E-state index contributed by atoms with van der Waals surface area (Å²) in [6, 6.07) is 0. The Balaban J connectivity index is 3.02. The molecule has 0 heterocycles. The number of rotatable bonds is 16. The summed E-state index contributed by atoms with van der Waals surface area (Å²) in [6.45, 7) is 7.61. The van der Waals surface area contributed by atoms with Gasteiger partial charge in [0.1, 0.15) is 0 Å². The second kappa shape index (κ2) is 17.0. The maximum Gasteiger partial charge on any atom is 0.0547 e. The summed E-state index contributed by atoms with van der Waals surface area (Å²) in [4.78, 5) is 0. The summed E-state index contributed by atoms with van der Waals surface area (Å²) in [5, 5.41) is 0. The topological polar surface area (TPSA) is 9.23 Å². The molecule has 0 radical (unpaired) electrons. The first-order chi connectivity index (χ1) is 9.81. The average Bonchev–Trinajstić information content (AvgIpc) is 2.46. The average molecular weight is 285 g/mol. The van der Waals surface area contributed by atoms with E-state index in [1.54, 1.807) is 0 Å². The zero-order valence-corrected chi connectivity index (χ0v) is 14.6. The van der Waals surface area contributed by atoms with E-state index in [1.165, 1.54) is 83.5 Å². The van der Waals surface area contributed by atoms with Gasteiger partial charge in [-0.3, -0.25) is 0 Å². The van der Waals surface area contributed by atoms with Crippen LogP contribution < -0.4 is 0 Å². The van der Waals surface area contributed by atoms with Crippen molar-refractivity contribution in [1.29, 1.82) is 0 Å². The van der Waals surface area contributed by atoms with Crippen LogP contribution in [-0.4, -0.2) is 12.7 Å². The van der Waals surface area contributed by atoms with Crippen LogP contribution in [-0.2, 0) is 4.74 Å². The minimum absolute atomic E-state index is 0.470. The quantitative estimate of drug-likeness (QED) is 0.280. The molecule has 1 heteroatoms. The highest BCUT2D eigenvalue weighted by atomic mass is 16.5. The predicted molar refractivity (Wildman–Crippen MR) is 91.4 cm³/mol. The summed E-state index contributed by atoms with van der Waals surface area (Å²) >= 11 is 0. The highest BCUT2D eigenvalue weighted by molar-refractivity contribution is 4.53. The Hall–Kier alpha value is -0.0400. The van der Waals surface area contributed by atoms with Crippen LogP contribution >= 0.6 is 0 Å². The molecule has 0 aliphatic rings. The molecule has 0 saturated carbocycles. The van der Waals surface area contributed by atoms with Crippen LogP contribution in [0.4, 0.5) is 0 Å². The lowest BCUT2D eigenvalue weighted by Gasteiger charge is -2.11. The molecule has 0 amide bonds. The molecule has 0 bridgehead atoms. The minimum Gasteiger partial charge on any atom is -0.379 e. The molecule has 0 saturated heterocycles. The van der Waals surface area contributed by atoms with Gasteiger partial charge in [0.25, 0.3) is 0 Å². The van der Waals surface area contributed by atoms with E-state index in [0.29, 0.717) is 6.10 Å². The van der Waals surface area contributed by atoms with Crippen LogP contribution in [0, 0.1) is 0 Å². The molecule has 122 valence electrons. The Kier molecular flexibility index (Phi) is 17.0. The van der Waals surface area contributed by atoms with Gasteiger partial charge in [0, 0.05) is 6.61 Å². The zero-order valence-electron chi connectivity index (χ0n) is 14.6. The van der Waals surface area contributed by atoms with E-state index in [0.717, 1.165) is 13.0 Å². The molecule has 1 nitrogen and oxygen atoms in total. The molecule has 0 rings (SSSR count). The van der Waals surface area contributed by atoms with Crippen LogP contribution in [0.15, 0.2) is 0 Å². The van der Waals surface area contributed by atoms with Crippen LogP contribution in [0.3, 0.4) is 0 Å². The van der Waals surface area contributed by atoms with E-state index in [-0.39, 0.29) is 0 Å². The normalized spacial score (nSPS) is 12.8. The van der Waals surface area contributed by atoms with Crippen LogP contribution in [0.1, 0.15) is 111 Å². The Morgan fingerprint density at radius 1 is 0.600 bits per heavy atom. The van der Waals surface area contributed by atoms with Crippen LogP contribution in [0.5, 0.6) is 0 Å². The van der Waals surface area contributed by atoms with E-state index >= 15 is 0 Å². The molecular formula is C19H40O. The molecule has 1 atom stereocenters. The summed E-state index contributed by atoms with van der Waals surface area (Å²) in [5.74, 6) is 0. The number of hydrogen-bond acceptors (Lipinski definition) is 1. The highest BCUT2D eigenvalue weighted by Gasteiger charge is 2.00. The number of unbranched alkanes of at least 4 members (excludes halogenated alkanes) is 11. The SMILES string of the molecule is CCCCCCCCCCCCCCC(C)OCCC. The Labute approximate surface area is 128 Å². The van der Waals surface area contributed by atoms with Gasteiger partial charge in [0.2, 0.25) is 0 Å². The highest BCUT2D eigenvalue weighted by Crippen LogP contribution is 2.13. The zero-order chi connectivity index (χ0) is 14.9. The molecule has 0 spiro atoms. The lowest BCUT2D eigenvalue weighted by molar-refractivity contribution is 0.0589. The molecular weight excluding hydrogens is 244 g/mol. The third-order valence-corrected chi connectivity index (χ3v) is 4.07. The molecule has 0 aromatic carbocycles. The van der Waals surface area contributed by atoms with Crippen molar-refractivity contribution in [2.24, 2.45) is 0 Å². The molecule has 0 aliphatic carbocycles. The van der Waals surface area contributed by atoms with E-state index in [1.807, 2.05) is 0 Å². The van der Waals surface area contributed by atoms with Gasteiger partial charge < -0.3 is 4.74 Å². The summed E-state index contributed by atoms with van der Waals surface area (Å²) in [7, 11) is 0. The van der Waals surface area contributed by atoms with Crippen molar-refractivity contribution >= 4 is 0 Å². The molecule has 0 fully saturated rings. The first-order valence-corrected chi connectivity index (χ1v) is 9.42.